The number of nitrogens with zero attached hydrogens (tertiary/aromatic N) is 1. The molecule has 0 amide bonds. The fourth-order valence-corrected chi connectivity index (χ4v) is 1.90. The second-order valence-electron chi connectivity index (χ2n) is 4.83. The van der Waals surface area contributed by atoms with Crippen molar-refractivity contribution in [2.24, 2.45) is 5.92 Å². The molecule has 1 unspecified atom stereocenters. The lowest BCUT2D eigenvalue weighted by Gasteiger charge is -2.23. The molecule has 88 valence electrons. The summed E-state index contributed by atoms with van der Waals surface area (Å²) in [5.41, 5.74) is 0. The minimum atomic E-state index is -0.172. The van der Waals surface area contributed by atoms with Crippen LogP contribution in [0.5, 0.6) is 0 Å². The van der Waals surface area contributed by atoms with Crippen LogP contribution < -0.4 is 0 Å². The van der Waals surface area contributed by atoms with Crippen molar-refractivity contribution >= 4 is 5.78 Å². The van der Waals surface area contributed by atoms with Gasteiger partial charge >= 0.3 is 0 Å². The summed E-state index contributed by atoms with van der Waals surface area (Å²) in [6, 6.07) is 0.543. The van der Waals surface area contributed by atoms with Gasteiger partial charge < -0.3 is 4.74 Å². The van der Waals surface area contributed by atoms with Gasteiger partial charge in [0.1, 0.15) is 6.10 Å². The Hall–Kier alpha value is -0.410. The smallest absolute Gasteiger partial charge is 0.164 e. The molecule has 0 aliphatic carbocycles. The summed E-state index contributed by atoms with van der Waals surface area (Å²) >= 11 is 0. The van der Waals surface area contributed by atoms with Crippen LogP contribution in [0.2, 0.25) is 0 Å². The summed E-state index contributed by atoms with van der Waals surface area (Å²) in [5.74, 6) is 0.334. The van der Waals surface area contributed by atoms with E-state index in [4.69, 9.17) is 4.74 Å². The van der Waals surface area contributed by atoms with E-state index in [1.54, 1.807) is 0 Å². The third-order valence-electron chi connectivity index (χ3n) is 2.99. The lowest BCUT2D eigenvalue weighted by Crippen LogP contribution is -2.33. The largest absolute Gasteiger partial charge is 0.369 e. The van der Waals surface area contributed by atoms with Gasteiger partial charge in [-0.3, -0.25) is 9.69 Å². The van der Waals surface area contributed by atoms with Gasteiger partial charge in [-0.25, -0.2) is 0 Å². The van der Waals surface area contributed by atoms with Crippen molar-refractivity contribution in [1.82, 2.24) is 4.90 Å². The van der Waals surface area contributed by atoms with E-state index in [1.807, 2.05) is 13.8 Å². The van der Waals surface area contributed by atoms with E-state index in [0.29, 0.717) is 12.6 Å². The predicted octanol–water partition coefficient (Wildman–Crippen LogP) is 1.71. The molecule has 1 aliphatic heterocycles. The summed E-state index contributed by atoms with van der Waals surface area (Å²) in [6.07, 6.45) is 0.670. The molecule has 3 nitrogen and oxygen atoms in total. The van der Waals surface area contributed by atoms with Crippen molar-refractivity contribution in [1.29, 1.82) is 0 Å². The lowest BCUT2D eigenvalue weighted by atomic mass is 10.0. The van der Waals surface area contributed by atoms with Crippen LogP contribution >= 0.6 is 0 Å². The zero-order chi connectivity index (χ0) is 11.4. The van der Waals surface area contributed by atoms with Crippen molar-refractivity contribution in [2.75, 3.05) is 19.7 Å². The van der Waals surface area contributed by atoms with Crippen LogP contribution in [0.15, 0.2) is 0 Å². The van der Waals surface area contributed by atoms with Crippen molar-refractivity contribution in [3.05, 3.63) is 0 Å². The zero-order valence-corrected chi connectivity index (χ0v) is 10.3. The van der Waals surface area contributed by atoms with Crippen LogP contribution in [0.4, 0.5) is 0 Å². The second-order valence-corrected chi connectivity index (χ2v) is 4.83. The highest BCUT2D eigenvalue weighted by Crippen LogP contribution is 2.13. The van der Waals surface area contributed by atoms with Crippen LogP contribution in [0.25, 0.3) is 0 Å². The van der Waals surface area contributed by atoms with E-state index >= 15 is 0 Å². The predicted molar refractivity (Wildman–Crippen MR) is 60.9 cm³/mol. The molecule has 0 spiro atoms. The minimum Gasteiger partial charge on any atom is -0.369 e. The molecule has 1 atom stereocenters. The van der Waals surface area contributed by atoms with Crippen LogP contribution in [0.3, 0.4) is 0 Å². The molecule has 0 radical (unpaired) electrons. The Bertz CT molecular complexity index is 214. The average Bonchev–Trinajstić information content (AvgIpc) is 2.41. The second kappa shape index (κ2) is 5.61. The molecule has 1 fully saturated rings. The lowest BCUT2D eigenvalue weighted by molar-refractivity contribution is -0.133. The summed E-state index contributed by atoms with van der Waals surface area (Å²) in [7, 11) is 0. The number of carbonyl (C=O) groups is 1. The Labute approximate surface area is 92.8 Å². The molecule has 0 aromatic heterocycles. The standard InChI is InChI=1S/C12H23NO2/c1-9(2)12(14)11-5-6-13(10(3)4)7-8-15-11/h9-11H,5-8H2,1-4H3. The molecule has 1 aliphatic rings. The topological polar surface area (TPSA) is 29.5 Å². The summed E-state index contributed by atoms with van der Waals surface area (Å²) in [5, 5.41) is 0. The summed E-state index contributed by atoms with van der Waals surface area (Å²) in [6.45, 7) is 10.9. The maximum absolute atomic E-state index is 11.8. The quantitative estimate of drug-likeness (QED) is 0.715. The molecule has 1 heterocycles. The molecular formula is C12H23NO2. The summed E-state index contributed by atoms with van der Waals surface area (Å²) in [4.78, 5) is 14.2. The first-order valence-corrected chi connectivity index (χ1v) is 5.91. The number of hydrogen-bond acceptors (Lipinski definition) is 3. The summed E-state index contributed by atoms with van der Waals surface area (Å²) < 4.78 is 5.62. The van der Waals surface area contributed by atoms with Gasteiger partial charge in [0.2, 0.25) is 0 Å². The number of rotatable bonds is 3. The normalized spacial score (nSPS) is 24.5. The first-order valence-electron chi connectivity index (χ1n) is 5.91. The molecule has 3 heteroatoms. The highest BCUT2D eigenvalue weighted by atomic mass is 16.5. The van der Waals surface area contributed by atoms with Gasteiger partial charge in [-0.1, -0.05) is 13.8 Å². The molecule has 0 aromatic carbocycles. The SMILES string of the molecule is CC(C)C(=O)C1CCN(C(C)C)CCO1. The highest BCUT2D eigenvalue weighted by molar-refractivity contribution is 5.84. The van der Waals surface area contributed by atoms with Gasteiger partial charge in [0.15, 0.2) is 5.78 Å². The molecule has 1 saturated heterocycles. The number of Topliss-reactive ketones (excluding diaryl/α,β-unsaturated/α-hetero) is 1. The van der Waals surface area contributed by atoms with Crippen LogP contribution in [-0.4, -0.2) is 42.5 Å². The van der Waals surface area contributed by atoms with Crippen LogP contribution in [0.1, 0.15) is 34.1 Å². The Kier molecular flexibility index (Phi) is 4.74. The minimum absolute atomic E-state index is 0.0839. The van der Waals surface area contributed by atoms with Crippen molar-refractivity contribution in [3.8, 4) is 0 Å². The molecule has 15 heavy (non-hydrogen) atoms. The fraction of sp³-hybridized carbons (Fsp3) is 0.917. The van der Waals surface area contributed by atoms with E-state index in [0.717, 1.165) is 19.5 Å². The maximum atomic E-state index is 11.8. The van der Waals surface area contributed by atoms with Gasteiger partial charge in [-0.05, 0) is 20.3 Å². The molecule has 0 aromatic rings. The Morgan fingerprint density at radius 2 is 1.93 bits per heavy atom. The van der Waals surface area contributed by atoms with E-state index in [9.17, 15) is 4.79 Å². The zero-order valence-electron chi connectivity index (χ0n) is 10.3. The first kappa shape index (κ1) is 12.7. The van der Waals surface area contributed by atoms with E-state index in [-0.39, 0.29) is 17.8 Å². The number of ether oxygens (including phenoxy) is 1. The van der Waals surface area contributed by atoms with Gasteiger partial charge in [0.05, 0.1) is 6.61 Å². The van der Waals surface area contributed by atoms with Crippen molar-refractivity contribution in [2.45, 2.75) is 46.3 Å². The number of ketones is 1. The number of hydrogen-bond donors (Lipinski definition) is 0. The Morgan fingerprint density at radius 3 is 2.47 bits per heavy atom. The van der Waals surface area contributed by atoms with Crippen molar-refractivity contribution < 1.29 is 9.53 Å². The third kappa shape index (κ3) is 3.58. The molecular weight excluding hydrogens is 190 g/mol. The average molecular weight is 213 g/mol. The Balaban J connectivity index is 2.49. The maximum Gasteiger partial charge on any atom is 0.164 e. The Morgan fingerprint density at radius 1 is 1.27 bits per heavy atom. The van der Waals surface area contributed by atoms with Crippen LogP contribution in [0, 0.1) is 5.92 Å². The third-order valence-corrected chi connectivity index (χ3v) is 2.99. The molecule has 0 N–H and O–H groups in total. The molecule has 1 rings (SSSR count). The first-order chi connectivity index (χ1) is 7.02. The fourth-order valence-electron chi connectivity index (χ4n) is 1.90. The van der Waals surface area contributed by atoms with Gasteiger partial charge in [0.25, 0.3) is 0 Å². The monoisotopic (exact) mass is 213 g/mol. The van der Waals surface area contributed by atoms with Crippen molar-refractivity contribution in [3.63, 3.8) is 0 Å². The van der Waals surface area contributed by atoms with E-state index in [1.165, 1.54) is 0 Å². The highest BCUT2D eigenvalue weighted by Gasteiger charge is 2.25. The van der Waals surface area contributed by atoms with Gasteiger partial charge in [-0.15, -0.1) is 0 Å². The van der Waals surface area contributed by atoms with Crippen LogP contribution in [-0.2, 0) is 9.53 Å². The number of carbonyl (C=O) groups excluding carboxylic acids is 1. The van der Waals surface area contributed by atoms with Gasteiger partial charge in [0, 0.05) is 25.0 Å². The molecule has 0 saturated carbocycles. The molecule has 0 bridgehead atoms. The van der Waals surface area contributed by atoms with Gasteiger partial charge in [-0.2, -0.15) is 0 Å². The van der Waals surface area contributed by atoms with E-state index < -0.39 is 0 Å². The van der Waals surface area contributed by atoms with E-state index in [2.05, 4.69) is 18.7 Å².